The minimum atomic E-state index is -0.779. The van der Waals surface area contributed by atoms with Crippen molar-refractivity contribution < 1.29 is 9.90 Å². The maximum Gasteiger partial charge on any atom is 0.257 e. The lowest BCUT2D eigenvalue weighted by molar-refractivity contribution is -0.0162. The number of amides is 1. The molecule has 0 bridgehead atoms. The van der Waals surface area contributed by atoms with Gasteiger partial charge in [-0.15, -0.1) is 0 Å². The van der Waals surface area contributed by atoms with Gasteiger partial charge >= 0.3 is 0 Å². The summed E-state index contributed by atoms with van der Waals surface area (Å²) >= 11 is 0. The molecule has 2 aliphatic rings. The first-order valence-corrected chi connectivity index (χ1v) is 13.6. The first-order valence-electron chi connectivity index (χ1n) is 13.6. The van der Waals surface area contributed by atoms with E-state index in [2.05, 4.69) is 41.4 Å². The summed E-state index contributed by atoms with van der Waals surface area (Å²) in [6.45, 7) is 6.09. The summed E-state index contributed by atoms with van der Waals surface area (Å²) in [7, 11) is 0. The normalized spacial score (nSPS) is 19.4. The van der Waals surface area contributed by atoms with Crippen molar-refractivity contribution in [3.63, 3.8) is 0 Å². The van der Waals surface area contributed by atoms with E-state index in [9.17, 15) is 9.90 Å². The Balaban J connectivity index is 1.37. The lowest BCUT2D eigenvalue weighted by atomic mass is 9.84. The molecule has 3 aromatic rings. The molecular formula is C29H39N5O2. The van der Waals surface area contributed by atoms with E-state index in [-0.39, 0.29) is 11.9 Å². The molecule has 3 heterocycles. The lowest BCUT2D eigenvalue weighted by Crippen LogP contribution is -2.48. The maximum absolute atomic E-state index is 13.8. The van der Waals surface area contributed by atoms with Gasteiger partial charge in [-0.1, -0.05) is 49.6 Å². The van der Waals surface area contributed by atoms with E-state index >= 15 is 0 Å². The van der Waals surface area contributed by atoms with E-state index in [0.717, 1.165) is 28.8 Å². The van der Waals surface area contributed by atoms with Crippen LogP contribution in [0.5, 0.6) is 0 Å². The maximum atomic E-state index is 13.8. The van der Waals surface area contributed by atoms with Crippen molar-refractivity contribution in [2.24, 2.45) is 5.92 Å². The number of hydrogen-bond donors (Lipinski definition) is 2. The number of aryl methyl sites for hydroxylation is 1. The highest BCUT2D eigenvalue weighted by Gasteiger charge is 2.35. The highest BCUT2D eigenvalue weighted by Crippen LogP contribution is 2.34. The number of fused-ring (bicyclic) bond motifs is 1. The van der Waals surface area contributed by atoms with Crippen molar-refractivity contribution in [1.29, 1.82) is 0 Å². The zero-order valence-electron chi connectivity index (χ0n) is 21.6. The predicted octanol–water partition coefficient (Wildman–Crippen LogP) is 5.04. The van der Waals surface area contributed by atoms with Gasteiger partial charge < -0.3 is 15.3 Å². The number of aromatic nitrogens is 3. The Bertz CT molecular complexity index is 1180. The molecule has 192 valence electrons. The van der Waals surface area contributed by atoms with Gasteiger partial charge in [-0.2, -0.15) is 5.10 Å². The van der Waals surface area contributed by atoms with Crippen LogP contribution in [0.25, 0.3) is 11.0 Å². The van der Waals surface area contributed by atoms with Crippen molar-refractivity contribution in [2.75, 3.05) is 18.4 Å². The molecule has 7 heteroatoms. The molecule has 2 aromatic heterocycles. The van der Waals surface area contributed by atoms with Crippen LogP contribution in [0.15, 0.2) is 42.7 Å². The SMILES string of the molecule is CCn1ncc2c(N[C@H](C)C3CCCCC3)c(C(=O)N3CCC(O)(Cc4ccccc4)CC3)cnc21. The van der Waals surface area contributed by atoms with Crippen molar-refractivity contribution in [3.05, 3.63) is 53.9 Å². The zero-order chi connectivity index (χ0) is 25.1. The fourth-order valence-electron chi connectivity index (χ4n) is 6.00. The molecule has 1 aliphatic carbocycles. The molecular weight excluding hydrogens is 450 g/mol. The summed E-state index contributed by atoms with van der Waals surface area (Å²) in [5.41, 5.74) is 2.62. The average Bonchev–Trinajstić information content (AvgIpc) is 3.33. The minimum absolute atomic E-state index is 0.0197. The summed E-state index contributed by atoms with van der Waals surface area (Å²) in [5, 5.41) is 20.4. The Morgan fingerprint density at radius 2 is 1.86 bits per heavy atom. The highest BCUT2D eigenvalue weighted by atomic mass is 16.3. The molecule has 2 N–H and O–H groups in total. The molecule has 1 saturated heterocycles. The minimum Gasteiger partial charge on any atom is -0.389 e. The Kier molecular flexibility index (Phi) is 7.28. The smallest absolute Gasteiger partial charge is 0.257 e. The fraction of sp³-hybridized carbons (Fsp3) is 0.552. The van der Waals surface area contributed by atoms with Crippen LogP contribution in [0.2, 0.25) is 0 Å². The number of anilines is 1. The summed E-state index contributed by atoms with van der Waals surface area (Å²) in [5.74, 6) is 0.586. The number of likely N-dealkylation sites (tertiary alicyclic amines) is 1. The molecule has 1 aromatic carbocycles. The number of carbonyl (C=O) groups excluding carboxylic acids is 1. The summed E-state index contributed by atoms with van der Waals surface area (Å²) in [6, 6.07) is 10.4. The molecule has 1 atom stereocenters. The summed E-state index contributed by atoms with van der Waals surface area (Å²) in [6.07, 6.45) is 11.6. The van der Waals surface area contributed by atoms with E-state index in [1.54, 1.807) is 6.20 Å². The largest absolute Gasteiger partial charge is 0.389 e. The van der Waals surface area contributed by atoms with Gasteiger partial charge in [-0.05, 0) is 51.0 Å². The molecule has 36 heavy (non-hydrogen) atoms. The van der Waals surface area contributed by atoms with Crippen molar-refractivity contribution in [2.45, 2.75) is 83.4 Å². The zero-order valence-corrected chi connectivity index (χ0v) is 21.6. The van der Waals surface area contributed by atoms with Crippen LogP contribution in [0, 0.1) is 5.92 Å². The van der Waals surface area contributed by atoms with Gasteiger partial charge in [0.2, 0.25) is 0 Å². The van der Waals surface area contributed by atoms with E-state index < -0.39 is 5.60 Å². The van der Waals surface area contributed by atoms with Gasteiger partial charge in [0.1, 0.15) is 0 Å². The molecule has 1 amide bonds. The molecule has 2 fully saturated rings. The second kappa shape index (κ2) is 10.6. The van der Waals surface area contributed by atoms with Gasteiger partial charge in [0.05, 0.1) is 28.4 Å². The van der Waals surface area contributed by atoms with Crippen LogP contribution >= 0.6 is 0 Å². The molecule has 0 unspecified atom stereocenters. The van der Waals surface area contributed by atoms with Crippen LogP contribution < -0.4 is 5.32 Å². The molecule has 1 saturated carbocycles. The molecule has 5 rings (SSSR count). The van der Waals surface area contributed by atoms with E-state index in [1.165, 1.54) is 32.1 Å². The van der Waals surface area contributed by atoms with Crippen molar-refractivity contribution in [3.8, 4) is 0 Å². The Morgan fingerprint density at radius 3 is 2.56 bits per heavy atom. The number of benzene rings is 1. The lowest BCUT2D eigenvalue weighted by Gasteiger charge is -2.38. The van der Waals surface area contributed by atoms with Gasteiger partial charge in [0.15, 0.2) is 5.65 Å². The van der Waals surface area contributed by atoms with Crippen LogP contribution in [-0.2, 0) is 13.0 Å². The number of piperidine rings is 1. The van der Waals surface area contributed by atoms with Crippen LogP contribution in [0.3, 0.4) is 0 Å². The predicted molar refractivity (Wildman–Crippen MR) is 143 cm³/mol. The van der Waals surface area contributed by atoms with Crippen LogP contribution in [0.1, 0.15) is 74.7 Å². The fourth-order valence-corrected chi connectivity index (χ4v) is 6.00. The first-order chi connectivity index (χ1) is 17.5. The van der Waals surface area contributed by atoms with Crippen molar-refractivity contribution in [1.82, 2.24) is 19.7 Å². The monoisotopic (exact) mass is 489 g/mol. The Morgan fingerprint density at radius 1 is 1.14 bits per heavy atom. The van der Waals surface area contributed by atoms with Crippen LogP contribution in [0.4, 0.5) is 5.69 Å². The summed E-state index contributed by atoms with van der Waals surface area (Å²) < 4.78 is 1.88. The third-order valence-corrected chi connectivity index (χ3v) is 8.28. The second-order valence-corrected chi connectivity index (χ2v) is 10.8. The van der Waals surface area contributed by atoms with E-state index in [0.29, 0.717) is 43.8 Å². The molecule has 7 nitrogen and oxygen atoms in total. The second-order valence-electron chi connectivity index (χ2n) is 10.8. The summed E-state index contributed by atoms with van der Waals surface area (Å²) in [4.78, 5) is 20.3. The average molecular weight is 490 g/mol. The van der Waals surface area contributed by atoms with E-state index in [1.807, 2.05) is 34.0 Å². The number of nitrogens with zero attached hydrogens (tertiary/aromatic N) is 4. The van der Waals surface area contributed by atoms with Gasteiger partial charge in [-0.3, -0.25) is 4.79 Å². The topological polar surface area (TPSA) is 83.3 Å². The number of rotatable bonds is 7. The highest BCUT2D eigenvalue weighted by molar-refractivity contribution is 6.06. The van der Waals surface area contributed by atoms with Gasteiger partial charge in [-0.25, -0.2) is 9.67 Å². The molecule has 0 spiro atoms. The third-order valence-electron chi connectivity index (χ3n) is 8.28. The quantitative estimate of drug-likeness (QED) is 0.486. The molecule has 1 aliphatic heterocycles. The van der Waals surface area contributed by atoms with Crippen LogP contribution in [-0.4, -0.2) is 55.4 Å². The number of hydrogen-bond acceptors (Lipinski definition) is 5. The standard InChI is InChI=1S/C29H39N5O2/c1-3-34-27-24(20-31-34)26(32-21(2)23-12-8-5-9-13-23)25(19-30-27)28(35)33-16-14-29(36,15-17-33)18-22-10-6-4-7-11-22/h4,6-7,10-11,19-21,23,36H,3,5,8-9,12-18H2,1-2H3,(H,30,32)/t21-/m1/s1. The number of carbonyl (C=O) groups is 1. The van der Waals surface area contributed by atoms with E-state index in [4.69, 9.17) is 0 Å². The first kappa shape index (κ1) is 24.8. The van der Waals surface area contributed by atoms with Gasteiger partial charge in [0, 0.05) is 38.3 Å². The Hall–Kier alpha value is -2.93. The van der Waals surface area contributed by atoms with Crippen molar-refractivity contribution >= 4 is 22.6 Å². The third kappa shape index (κ3) is 5.12. The number of pyridine rings is 1. The number of aliphatic hydroxyl groups is 1. The van der Waals surface area contributed by atoms with Gasteiger partial charge in [0.25, 0.3) is 5.91 Å². The molecule has 0 radical (unpaired) electrons. The Labute approximate surface area is 213 Å². The number of nitrogens with one attached hydrogen (secondary N) is 1.